The predicted molar refractivity (Wildman–Crippen MR) is 92.7 cm³/mol. The van der Waals surface area contributed by atoms with Gasteiger partial charge in [0.15, 0.2) is 0 Å². The molecule has 0 unspecified atom stereocenters. The maximum Gasteiger partial charge on any atom is 0.146 e. The van der Waals surface area contributed by atoms with Crippen LogP contribution in [0.4, 0.5) is 0 Å². The molecular weight excluding hydrogens is 302 g/mol. The minimum atomic E-state index is 0.321. The first kappa shape index (κ1) is 15.8. The van der Waals surface area contributed by atoms with Crippen molar-refractivity contribution in [1.29, 1.82) is 0 Å². The number of thiocarbonyl (C=S) groups is 1. The van der Waals surface area contributed by atoms with E-state index in [0.717, 1.165) is 16.9 Å². The zero-order valence-electron chi connectivity index (χ0n) is 12.3. The highest BCUT2D eigenvalue weighted by molar-refractivity contribution is 7.80. The highest BCUT2D eigenvalue weighted by Gasteiger charge is 2.09. The Balaban J connectivity index is 2.34. The van der Waals surface area contributed by atoms with E-state index < -0.39 is 0 Å². The first-order valence-corrected chi connectivity index (χ1v) is 7.55. The van der Waals surface area contributed by atoms with Crippen molar-refractivity contribution in [2.24, 2.45) is 5.73 Å². The number of rotatable bonds is 4. The van der Waals surface area contributed by atoms with Gasteiger partial charge in [-0.05, 0) is 48.2 Å². The predicted octanol–water partition coefficient (Wildman–Crippen LogP) is 5.20. The molecule has 0 aromatic heterocycles. The zero-order chi connectivity index (χ0) is 15.6. The lowest BCUT2D eigenvalue weighted by molar-refractivity contribution is 0.478. The molecule has 0 fully saturated rings. The van der Waals surface area contributed by atoms with Gasteiger partial charge in [0, 0.05) is 5.56 Å². The molecule has 0 aliphatic heterocycles. The van der Waals surface area contributed by atoms with Crippen molar-refractivity contribution in [3.05, 3.63) is 58.1 Å². The van der Waals surface area contributed by atoms with E-state index in [2.05, 4.69) is 32.0 Å². The van der Waals surface area contributed by atoms with Crippen molar-refractivity contribution < 1.29 is 4.74 Å². The molecule has 21 heavy (non-hydrogen) atoms. The number of halogens is 1. The van der Waals surface area contributed by atoms with Crippen molar-refractivity contribution in [1.82, 2.24) is 0 Å². The second-order valence-electron chi connectivity index (χ2n) is 5.29. The van der Waals surface area contributed by atoms with Crippen molar-refractivity contribution >= 4 is 28.8 Å². The standard InChI is InChI=1S/C17H18ClNOS/c1-10(2)12-5-4-11(3)16(9-12)20-15-7-6-13(17(19)21)8-14(15)18/h4-10H,1-3H3,(H2,19,21). The second-order valence-corrected chi connectivity index (χ2v) is 6.14. The highest BCUT2D eigenvalue weighted by atomic mass is 35.5. The molecule has 0 aliphatic carbocycles. The summed E-state index contributed by atoms with van der Waals surface area (Å²) in [7, 11) is 0. The summed E-state index contributed by atoms with van der Waals surface area (Å²) in [6, 6.07) is 11.6. The van der Waals surface area contributed by atoms with E-state index in [1.807, 2.05) is 13.0 Å². The van der Waals surface area contributed by atoms with Gasteiger partial charge < -0.3 is 10.5 Å². The lowest BCUT2D eigenvalue weighted by Gasteiger charge is -2.14. The van der Waals surface area contributed by atoms with Gasteiger partial charge in [-0.15, -0.1) is 0 Å². The van der Waals surface area contributed by atoms with E-state index in [-0.39, 0.29) is 0 Å². The molecule has 2 nitrogen and oxygen atoms in total. The Kier molecular flexibility index (Phi) is 4.86. The fraction of sp³-hybridized carbons (Fsp3) is 0.235. The molecule has 0 aliphatic rings. The van der Waals surface area contributed by atoms with Crippen LogP contribution in [0, 0.1) is 6.92 Å². The van der Waals surface area contributed by atoms with E-state index in [0.29, 0.717) is 21.7 Å². The lowest BCUT2D eigenvalue weighted by Crippen LogP contribution is -2.09. The average molecular weight is 320 g/mol. The number of nitrogens with two attached hydrogens (primary N) is 1. The quantitative estimate of drug-likeness (QED) is 0.787. The summed E-state index contributed by atoms with van der Waals surface area (Å²) in [6.45, 7) is 6.31. The summed E-state index contributed by atoms with van der Waals surface area (Å²) in [5, 5.41) is 0.495. The van der Waals surface area contributed by atoms with Gasteiger partial charge in [-0.3, -0.25) is 0 Å². The van der Waals surface area contributed by atoms with Crippen molar-refractivity contribution in [3.63, 3.8) is 0 Å². The van der Waals surface area contributed by atoms with Crippen LogP contribution < -0.4 is 10.5 Å². The number of benzene rings is 2. The number of aryl methyl sites for hydroxylation is 1. The van der Waals surface area contributed by atoms with Gasteiger partial charge in [-0.1, -0.05) is 49.8 Å². The Morgan fingerprint density at radius 1 is 1.14 bits per heavy atom. The highest BCUT2D eigenvalue weighted by Crippen LogP contribution is 2.33. The van der Waals surface area contributed by atoms with Crippen LogP contribution in [-0.4, -0.2) is 4.99 Å². The molecular formula is C17H18ClNOS. The molecule has 0 spiro atoms. The molecule has 0 saturated heterocycles. The maximum absolute atomic E-state index is 6.24. The molecule has 0 saturated carbocycles. The molecule has 2 aromatic rings. The summed E-state index contributed by atoms with van der Waals surface area (Å²) in [6.07, 6.45) is 0. The van der Waals surface area contributed by atoms with Crippen LogP contribution >= 0.6 is 23.8 Å². The zero-order valence-corrected chi connectivity index (χ0v) is 13.9. The van der Waals surface area contributed by atoms with Crippen LogP contribution in [0.2, 0.25) is 5.02 Å². The normalized spacial score (nSPS) is 10.7. The topological polar surface area (TPSA) is 35.2 Å². The van der Waals surface area contributed by atoms with Gasteiger partial charge in [-0.25, -0.2) is 0 Å². The summed E-state index contributed by atoms with van der Waals surface area (Å²) < 4.78 is 5.95. The first-order chi connectivity index (χ1) is 9.88. The van der Waals surface area contributed by atoms with Crippen LogP contribution in [0.3, 0.4) is 0 Å². The van der Waals surface area contributed by atoms with Crippen molar-refractivity contribution in [2.45, 2.75) is 26.7 Å². The third kappa shape index (κ3) is 3.74. The monoisotopic (exact) mass is 319 g/mol. The fourth-order valence-electron chi connectivity index (χ4n) is 1.94. The largest absolute Gasteiger partial charge is 0.456 e. The Morgan fingerprint density at radius 3 is 2.43 bits per heavy atom. The van der Waals surface area contributed by atoms with Gasteiger partial charge in [0.05, 0.1) is 5.02 Å². The third-order valence-electron chi connectivity index (χ3n) is 3.32. The Morgan fingerprint density at radius 2 is 1.86 bits per heavy atom. The van der Waals surface area contributed by atoms with E-state index in [1.54, 1.807) is 12.1 Å². The molecule has 0 atom stereocenters. The second kappa shape index (κ2) is 6.46. The first-order valence-electron chi connectivity index (χ1n) is 6.76. The number of ether oxygens (including phenoxy) is 1. The molecule has 0 heterocycles. The van der Waals surface area contributed by atoms with Crippen molar-refractivity contribution in [2.75, 3.05) is 0 Å². The van der Waals surface area contributed by atoms with E-state index in [1.165, 1.54) is 5.56 Å². The maximum atomic E-state index is 6.24. The van der Waals surface area contributed by atoms with Crippen LogP contribution in [0.25, 0.3) is 0 Å². The van der Waals surface area contributed by atoms with Crippen LogP contribution in [0.1, 0.15) is 36.5 Å². The Labute approximate surface area is 135 Å². The molecule has 0 bridgehead atoms. The summed E-state index contributed by atoms with van der Waals surface area (Å²) in [5.74, 6) is 1.85. The molecule has 2 rings (SSSR count). The minimum absolute atomic E-state index is 0.321. The Bertz CT molecular complexity index is 682. The van der Waals surface area contributed by atoms with Gasteiger partial charge in [-0.2, -0.15) is 0 Å². The summed E-state index contributed by atoms with van der Waals surface area (Å²) >= 11 is 11.2. The van der Waals surface area contributed by atoms with Crippen LogP contribution in [-0.2, 0) is 0 Å². The summed E-state index contributed by atoms with van der Waals surface area (Å²) in [4.78, 5) is 0.321. The third-order valence-corrected chi connectivity index (χ3v) is 3.85. The average Bonchev–Trinajstić information content (AvgIpc) is 2.42. The molecule has 0 radical (unpaired) electrons. The molecule has 4 heteroatoms. The molecule has 110 valence electrons. The van der Waals surface area contributed by atoms with Gasteiger partial charge in [0.1, 0.15) is 16.5 Å². The minimum Gasteiger partial charge on any atom is -0.456 e. The van der Waals surface area contributed by atoms with Gasteiger partial charge >= 0.3 is 0 Å². The fourth-order valence-corrected chi connectivity index (χ4v) is 2.29. The lowest BCUT2D eigenvalue weighted by atomic mass is 10.0. The van der Waals surface area contributed by atoms with Gasteiger partial charge in [0.25, 0.3) is 0 Å². The van der Waals surface area contributed by atoms with E-state index in [4.69, 9.17) is 34.3 Å². The van der Waals surface area contributed by atoms with Crippen molar-refractivity contribution in [3.8, 4) is 11.5 Å². The van der Waals surface area contributed by atoms with E-state index >= 15 is 0 Å². The summed E-state index contributed by atoms with van der Waals surface area (Å²) in [5.41, 5.74) is 8.62. The molecule has 0 amide bonds. The smallest absolute Gasteiger partial charge is 0.146 e. The van der Waals surface area contributed by atoms with Gasteiger partial charge in [0.2, 0.25) is 0 Å². The molecule has 2 N–H and O–H groups in total. The van der Waals surface area contributed by atoms with E-state index in [9.17, 15) is 0 Å². The Hall–Kier alpha value is -1.58. The molecule has 2 aromatic carbocycles. The SMILES string of the molecule is Cc1ccc(C(C)C)cc1Oc1ccc(C(N)=S)cc1Cl. The van der Waals surface area contributed by atoms with Crippen LogP contribution in [0.5, 0.6) is 11.5 Å². The van der Waals surface area contributed by atoms with Crippen LogP contribution in [0.15, 0.2) is 36.4 Å². The number of hydrogen-bond donors (Lipinski definition) is 1. The number of hydrogen-bond acceptors (Lipinski definition) is 2.